The lowest BCUT2D eigenvalue weighted by molar-refractivity contribution is 0.254. The number of fused-ring (bicyclic) bond motifs is 1. The van der Waals surface area contributed by atoms with E-state index in [2.05, 4.69) is 32.1 Å². The Morgan fingerprint density at radius 1 is 1.56 bits per heavy atom. The summed E-state index contributed by atoms with van der Waals surface area (Å²) in [4.78, 5) is 0. The molecule has 98 valence electrons. The average Bonchev–Trinajstić information content (AvgIpc) is 2.73. The second kappa shape index (κ2) is 5.44. The summed E-state index contributed by atoms with van der Waals surface area (Å²) in [6, 6.07) is 4.14. The van der Waals surface area contributed by atoms with Crippen LogP contribution in [-0.2, 0) is 6.42 Å². The van der Waals surface area contributed by atoms with Gasteiger partial charge in [-0.1, -0.05) is 18.6 Å². The fourth-order valence-electron chi connectivity index (χ4n) is 2.27. The van der Waals surface area contributed by atoms with E-state index in [-0.39, 0.29) is 6.10 Å². The van der Waals surface area contributed by atoms with Gasteiger partial charge < -0.3 is 15.2 Å². The molecule has 1 aliphatic heterocycles. The summed E-state index contributed by atoms with van der Waals surface area (Å²) in [5, 5.41) is 0. The normalized spacial score (nSPS) is 18.4. The van der Waals surface area contributed by atoms with Crippen LogP contribution in [0.5, 0.6) is 11.5 Å². The van der Waals surface area contributed by atoms with Crippen molar-refractivity contribution in [2.45, 2.75) is 32.8 Å². The molecule has 0 bridgehead atoms. The molecule has 0 fully saturated rings. The first-order valence-corrected chi connectivity index (χ1v) is 6.45. The van der Waals surface area contributed by atoms with Crippen molar-refractivity contribution < 1.29 is 9.47 Å². The molecule has 0 amide bonds. The third kappa shape index (κ3) is 2.51. The smallest absolute Gasteiger partial charge is 0.126 e. The molecule has 0 saturated heterocycles. The molecule has 0 aliphatic carbocycles. The Morgan fingerprint density at radius 2 is 2.33 bits per heavy atom. The minimum atomic E-state index is 0.254. The summed E-state index contributed by atoms with van der Waals surface area (Å²) >= 11 is 0. The van der Waals surface area contributed by atoms with Crippen LogP contribution >= 0.6 is 0 Å². The zero-order chi connectivity index (χ0) is 13.1. The Bertz CT molecular complexity index is 460. The summed E-state index contributed by atoms with van der Waals surface area (Å²) in [5.41, 5.74) is 9.20. The number of hydrogen-bond donors (Lipinski definition) is 1. The third-order valence-electron chi connectivity index (χ3n) is 3.32. The molecule has 1 unspecified atom stereocenters. The van der Waals surface area contributed by atoms with Crippen LogP contribution in [0.2, 0.25) is 0 Å². The highest BCUT2D eigenvalue weighted by atomic mass is 16.5. The van der Waals surface area contributed by atoms with Gasteiger partial charge in [-0.05, 0) is 25.5 Å². The van der Waals surface area contributed by atoms with Crippen molar-refractivity contribution in [2.24, 2.45) is 5.73 Å². The largest absolute Gasteiger partial charge is 0.496 e. The summed E-state index contributed by atoms with van der Waals surface area (Å²) in [7, 11) is 1.70. The minimum Gasteiger partial charge on any atom is -0.496 e. The first-order chi connectivity index (χ1) is 8.67. The van der Waals surface area contributed by atoms with E-state index in [0.29, 0.717) is 6.54 Å². The van der Waals surface area contributed by atoms with Gasteiger partial charge in [-0.25, -0.2) is 0 Å². The number of benzene rings is 1. The van der Waals surface area contributed by atoms with Crippen LogP contribution < -0.4 is 15.2 Å². The molecular weight excluding hydrogens is 226 g/mol. The van der Waals surface area contributed by atoms with E-state index in [9.17, 15) is 0 Å². The molecule has 2 rings (SSSR count). The molecule has 0 aromatic heterocycles. The molecule has 1 atom stereocenters. The van der Waals surface area contributed by atoms with E-state index >= 15 is 0 Å². The van der Waals surface area contributed by atoms with E-state index in [1.165, 1.54) is 11.1 Å². The lowest BCUT2D eigenvalue weighted by Gasteiger charge is -2.09. The van der Waals surface area contributed by atoms with E-state index in [1.807, 2.05) is 0 Å². The highest BCUT2D eigenvalue weighted by molar-refractivity contribution is 5.64. The number of ether oxygens (including phenoxy) is 2. The SMILES string of the molecule is CC/C(=C/c1cc2c(cc1OC)CC(C)O2)CN. The van der Waals surface area contributed by atoms with Gasteiger partial charge in [0.05, 0.1) is 7.11 Å². The summed E-state index contributed by atoms with van der Waals surface area (Å²) in [5.74, 6) is 1.87. The van der Waals surface area contributed by atoms with Crippen LogP contribution in [-0.4, -0.2) is 19.8 Å². The maximum atomic E-state index is 5.78. The molecule has 1 aromatic rings. The van der Waals surface area contributed by atoms with Gasteiger partial charge in [0.25, 0.3) is 0 Å². The standard InChI is InChI=1S/C15H21NO2/c1-4-11(9-16)6-13-8-15-12(5-10(2)18-15)7-14(13)17-3/h6-8,10H,4-5,9,16H2,1-3H3/b11-6-. The highest BCUT2D eigenvalue weighted by Gasteiger charge is 2.21. The first kappa shape index (κ1) is 13.0. The van der Waals surface area contributed by atoms with Gasteiger partial charge >= 0.3 is 0 Å². The van der Waals surface area contributed by atoms with Crippen molar-refractivity contribution in [3.8, 4) is 11.5 Å². The minimum absolute atomic E-state index is 0.254. The summed E-state index contributed by atoms with van der Waals surface area (Å²) in [6.07, 6.45) is 4.26. The zero-order valence-corrected chi connectivity index (χ0v) is 11.3. The van der Waals surface area contributed by atoms with Gasteiger partial charge in [-0.2, -0.15) is 0 Å². The topological polar surface area (TPSA) is 44.5 Å². The predicted molar refractivity (Wildman–Crippen MR) is 74.1 cm³/mol. The van der Waals surface area contributed by atoms with Crippen LogP contribution in [0.4, 0.5) is 0 Å². The number of methoxy groups -OCH3 is 1. The van der Waals surface area contributed by atoms with E-state index in [0.717, 1.165) is 29.9 Å². The fourth-order valence-corrected chi connectivity index (χ4v) is 2.27. The van der Waals surface area contributed by atoms with E-state index in [4.69, 9.17) is 15.2 Å². The second-order valence-electron chi connectivity index (χ2n) is 4.69. The van der Waals surface area contributed by atoms with Gasteiger partial charge in [-0.3, -0.25) is 0 Å². The van der Waals surface area contributed by atoms with Gasteiger partial charge in [-0.15, -0.1) is 0 Å². The number of hydrogen-bond acceptors (Lipinski definition) is 3. The second-order valence-corrected chi connectivity index (χ2v) is 4.69. The lowest BCUT2D eigenvalue weighted by Crippen LogP contribution is -2.05. The van der Waals surface area contributed by atoms with Crippen molar-refractivity contribution in [2.75, 3.05) is 13.7 Å². The molecule has 1 aromatic carbocycles. The molecule has 1 heterocycles. The maximum Gasteiger partial charge on any atom is 0.126 e. The van der Waals surface area contributed by atoms with Gasteiger partial charge in [0, 0.05) is 24.1 Å². The molecule has 1 aliphatic rings. The Morgan fingerprint density at radius 3 is 2.94 bits per heavy atom. The van der Waals surface area contributed by atoms with Gasteiger partial charge in [0.1, 0.15) is 17.6 Å². The molecule has 0 saturated carbocycles. The fraction of sp³-hybridized carbons (Fsp3) is 0.467. The van der Waals surface area contributed by atoms with Gasteiger partial charge in [0.15, 0.2) is 0 Å². The quantitative estimate of drug-likeness (QED) is 0.889. The Labute approximate surface area is 109 Å². The number of rotatable bonds is 4. The molecular formula is C15H21NO2. The molecule has 3 nitrogen and oxygen atoms in total. The maximum absolute atomic E-state index is 5.78. The number of nitrogens with two attached hydrogens (primary N) is 1. The van der Waals surface area contributed by atoms with Crippen LogP contribution in [0.15, 0.2) is 17.7 Å². The highest BCUT2D eigenvalue weighted by Crippen LogP contribution is 2.35. The Kier molecular flexibility index (Phi) is 3.92. The van der Waals surface area contributed by atoms with Gasteiger partial charge in [0.2, 0.25) is 0 Å². The average molecular weight is 247 g/mol. The summed E-state index contributed by atoms with van der Waals surface area (Å²) in [6.45, 7) is 4.77. The zero-order valence-electron chi connectivity index (χ0n) is 11.3. The molecule has 0 radical (unpaired) electrons. The van der Waals surface area contributed by atoms with Crippen LogP contribution in [0, 0.1) is 0 Å². The van der Waals surface area contributed by atoms with Crippen molar-refractivity contribution in [3.05, 3.63) is 28.8 Å². The van der Waals surface area contributed by atoms with Crippen LogP contribution in [0.1, 0.15) is 31.4 Å². The Hall–Kier alpha value is -1.48. The van der Waals surface area contributed by atoms with Crippen LogP contribution in [0.3, 0.4) is 0 Å². The van der Waals surface area contributed by atoms with E-state index < -0.39 is 0 Å². The monoisotopic (exact) mass is 247 g/mol. The van der Waals surface area contributed by atoms with Crippen molar-refractivity contribution >= 4 is 6.08 Å². The Balaban J connectivity index is 2.41. The van der Waals surface area contributed by atoms with Crippen LogP contribution in [0.25, 0.3) is 6.08 Å². The molecule has 2 N–H and O–H groups in total. The lowest BCUT2D eigenvalue weighted by atomic mass is 10.0. The van der Waals surface area contributed by atoms with Crippen molar-refractivity contribution in [1.82, 2.24) is 0 Å². The van der Waals surface area contributed by atoms with Crippen molar-refractivity contribution in [1.29, 1.82) is 0 Å². The summed E-state index contributed by atoms with van der Waals surface area (Å²) < 4.78 is 11.2. The first-order valence-electron chi connectivity index (χ1n) is 6.45. The molecule has 3 heteroatoms. The third-order valence-corrected chi connectivity index (χ3v) is 3.32. The van der Waals surface area contributed by atoms with Crippen molar-refractivity contribution in [3.63, 3.8) is 0 Å². The molecule has 0 spiro atoms. The predicted octanol–water partition coefficient (Wildman–Crippen LogP) is 2.77. The molecule has 18 heavy (non-hydrogen) atoms. The van der Waals surface area contributed by atoms with E-state index in [1.54, 1.807) is 7.11 Å².